The molecule has 0 bridgehead atoms. The summed E-state index contributed by atoms with van der Waals surface area (Å²) in [6.45, 7) is 8.61. The minimum Gasteiger partial charge on any atom is -0.482 e. The van der Waals surface area contributed by atoms with E-state index in [1.54, 1.807) is 17.4 Å². The van der Waals surface area contributed by atoms with Gasteiger partial charge in [-0.15, -0.1) is 11.3 Å². The summed E-state index contributed by atoms with van der Waals surface area (Å²) in [7, 11) is 0. The van der Waals surface area contributed by atoms with Gasteiger partial charge in [0.1, 0.15) is 17.2 Å². The van der Waals surface area contributed by atoms with Crippen LogP contribution in [0.1, 0.15) is 42.7 Å². The Morgan fingerprint density at radius 2 is 2.09 bits per heavy atom. The Balaban J connectivity index is 1.27. The topological polar surface area (TPSA) is 73.8 Å². The average molecular weight is 484 g/mol. The molecule has 5 rings (SSSR count). The third kappa shape index (κ3) is 4.68. The van der Waals surface area contributed by atoms with Crippen molar-refractivity contribution in [3.05, 3.63) is 63.3 Å². The summed E-state index contributed by atoms with van der Waals surface area (Å²) in [6.07, 6.45) is 3.54. The number of anilines is 1. The number of carbonyl (C=O) groups excluding carboxylic acids is 1. The van der Waals surface area contributed by atoms with Gasteiger partial charge >= 0.3 is 0 Å². The van der Waals surface area contributed by atoms with Crippen molar-refractivity contribution in [2.45, 2.75) is 44.9 Å². The van der Waals surface area contributed by atoms with E-state index < -0.39 is 5.60 Å². The first kappa shape index (κ1) is 23.2. The van der Waals surface area contributed by atoms with E-state index in [0.29, 0.717) is 22.6 Å². The van der Waals surface area contributed by atoms with E-state index in [4.69, 9.17) is 4.74 Å². The lowest BCUT2D eigenvalue weighted by atomic mass is 9.94. The number of likely N-dealkylation sites (tertiary alicyclic amines) is 1. The first-order chi connectivity index (χ1) is 16.3. The summed E-state index contributed by atoms with van der Waals surface area (Å²) < 4.78 is 19.8. The van der Waals surface area contributed by atoms with E-state index in [9.17, 15) is 14.3 Å². The number of nitrogens with one attached hydrogen (secondary N) is 2. The predicted molar refractivity (Wildman–Crippen MR) is 133 cm³/mol. The van der Waals surface area contributed by atoms with Gasteiger partial charge < -0.3 is 25.4 Å². The number of rotatable bonds is 6. The van der Waals surface area contributed by atoms with Gasteiger partial charge in [0.05, 0.1) is 17.4 Å². The van der Waals surface area contributed by atoms with Gasteiger partial charge in [-0.25, -0.2) is 4.39 Å². The number of nitrogens with zero attached hydrogens (tertiary/aromatic N) is 1. The van der Waals surface area contributed by atoms with E-state index in [0.717, 1.165) is 56.7 Å². The zero-order valence-corrected chi connectivity index (χ0v) is 20.3. The van der Waals surface area contributed by atoms with Crippen LogP contribution in [-0.4, -0.2) is 53.8 Å². The van der Waals surface area contributed by atoms with Crippen LogP contribution in [0.4, 0.5) is 10.1 Å². The maximum atomic E-state index is 13.6. The molecular formula is C26H30FN3O3S. The third-order valence-electron chi connectivity index (χ3n) is 6.69. The number of benzene rings is 1. The van der Waals surface area contributed by atoms with Gasteiger partial charge in [0.2, 0.25) is 0 Å². The first-order valence-corrected chi connectivity index (χ1v) is 12.6. The fraction of sp³-hybridized carbons (Fsp3) is 0.423. The van der Waals surface area contributed by atoms with Crippen LogP contribution >= 0.6 is 11.3 Å². The van der Waals surface area contributed by atoms with E-state index >= 15 is 0 Å². The van der Waals surface area contributed by atoms with Gasteiger partial charge in [-0.3, -0.25) is 4.79 Å². The van der Waals surface area contributed by atoms with Crippen molar-refractivity contribution < 1.29 is 19.0 Å². The zero-order chi connectivity index (χ0) is 23.9. The molecule has 0 radical (unpaired) electrons. The molecule has 1 aromatic carbocycles. The largest absolute Gasteiger partial charge is 0.482 e. The lowest BCUT2D eigenvalue weighted by Gasteiger charge is -2.29. The molecule has 1 amide bonds. The Bertz CT molecular complexity index is 1160. The number of hydrogen-bond acceptors (Lipinski definition) is 6. The summed E-state index contributed by atoms with van der Waals surface area (Å²) in [6, 6.07) is 6.49. The second-order valence-electron chi connectivity index (χ2n) is 9.60. The molecule has 34 heavy (non-hydrogen) atoms. The van der Waals surface area contributed by atoms with Crippen LogP contribution in [0, 0.1) is 5.82 Å². The predicted octanol–water partition coefficient (Wildman–Crippen LogP) is 3.99. The molecule has 0 atom stereocenters. The molecule has 0 saturated carbocycles. The highest BCUT2D eigenvalue weighted by atomic mass is 32.1. The van der Waals surface area contributed by atoms with Crippen LogP contribution in [0.25, 0.3) is 11.1 Å². The minimum absolute atomic E-state index is 0.135. The smallest absolute Gasteiger partial charge is 0.260 e. The van der Waals surface area contributed by atoms with Crippen LogP contribution in [0.3, 0.4) is 0 Å². The SMILES string of the molecule is CC1(C)OC(=C2C(=O)Nc3cc(F)ccc32)C=C1c1csc(CNCCN2CCC(O)CC2)c1. The Kier molecular flexibility index (Phi) is 6.33. The maximum Gasteiger partial charge on any atom is 0.260 e. The lowest BCUT2D eigenvalue weighted by Crippen LogP contribution is -2.39. The quantitative estimate of drug-likeness (QED) is 0.428. The highest BCUT2D eigenvalue weighted by molar-refractivity contribution is 7.10. The number of halogens is 1. The van der Waals surface area contributed by atoms with Gasteiger partial charge in [0.25, 0.3) is 5.91 Å². The molecule has 0 unspecified atom stereocenters. The van der Waals surface area contributed by atoms with Crippen molar-refractivity contribution in [1.29, 1.82) is 0 Å². The monoisotopic (exact) mass is 483 g/mol. The molecule has 1 fully saturated rings. The van der Waals surface area contributed by atoms with Gasteiger partial charge in [-0.05, 0) is 68.0 Å². The van der Waals surface area contributed by atoms with Gasteiger partial charge in [0, 0.05) is 48.7 Å². The molecule has 180 valence electrons. The maximum absolute atomic E-state index is 13.6. The van der Waals surface area contributed by atoms with E-state index in [1.165, 1.54) is 17.0 Å². The zero-order valence-electron chi connectivity index (χ0n) is 19.5. The highest BCUT2D eigenvalue weighted by Crippen LogP contribution is 2.45. The molecule has 3 N–H and O–H groups in total. The number of hydrogen-bond donors (Lipinski definition) is 3. The fourth-order valence-electron chi connectivity index (χ4n) is 4.81. The van der Waals surface area contributed by atoms with Crippen LogP contribution in [0.2, 0.25) is 0 Å². The third-order valence-corrected chi connectivity index (χ3v) is 7.62. The molecule has 3 aliphatic rings. The Morgan fingerprint density at radius 3 is 2.88 bits per heavy atom. The second kappa shape index (κ2) is 9.26. The summed E-state index contributed by atoms with van der Waals surface area (Å²) in [5.41, 5.74) is 3.10. The number of aliphatic hydroxyl groups is 1. The van der Waals surface area contributed by atoms with Gasteiger partial charge in [0.15, 0.2) is 0 Å². The van der Waals surface area contributed by atoms with Crippen LogP contribution in [0.15, 0.2) is 41.5 Å². The van der Waals surface area contributed by atoms with Crippen LogP contribution in [-0.2, 0) is 16.1 Å². The molecule has 6 nitrogen and oxygen atoms in total. The fourth-order valence-corrected chi connectivity index (χ4v) is 5.67. The van der Waals surface area contributed by atoms with E-state index in [-0.39, 0.29) is 17.8 Å². The molecule has 0 aliphatic carbocycles. The van der Waals surface area contributed by atoms with Crippen molar-refractivity contribution in [3.8, 4) is 0 Å². The molecule has 4 heterocycles. The molecule has 0 spiro atoms. The number of allylic oxidation sites excluding steroid dienone is 1. The number of carbonyl (C=O) groups is 1. The molecular weight excluding hydrogens is 453 g/mol. The van der Waals surface area contributed by atoms with Crippen LogP contribution < -0.4 is 10.6 Å². The van der Waals surface area contributed by atoms with Gasteiger partial charge in [-0.2, -0.15) is 0 Å². The van der Waals surface area contributed by atoms with E-state index in [2.05, 4.69) is 27.0 Å². The van der Waals surface area contributed by atoms with Gasteiger partial charge in [-0.1, -0.05) is 0 Å². The molecule has 3 aliphatic heterocycles. The van der Waals surface area contributed by atoms with Crippen molar-refractivity contribution in [1.82, 2.24) is 10.2 Å². The van der Waals surface area contributed by atoms with Crippen molar-refractivity contribution in [3.63, 3.8) is 0 Å². The molecule has 2 aromatic rings. The second-order valence-corrected chi connectivity index (χ2v) is 10.6. The normalized spacial score (nSPS) is 22.5. The molecule has 1 saturated heterocycles. The number of amides is 1. The van der Waals surface area contributed by atoms with Crippen LogP contribution in [0.5, 0.6) is 0 Å². The Hall–Kier alpha value is -2.52. The Labute approximate surface area is 203 Å². The standard InChI is InChI=1S/C26H30FN3O3S/c1-26(2)21(13-23(33-26)24-20-4-3-17(27)12-22(20)29-25(24)32)16-11-19(34-15-16)14-28-7-10-30-8-5-18(31)6-9-30/h3-4,11-13,15,18,28,31H,5-10,14H2,1-2H3,(H,29,32). The summed E-state index contributed by atoms with van der Waals surface area (Å²) in [5.74, 6) is -0.147. The lowest BCUT2D eigenvalue weighted by molar-refractivity contribution is -0.111. The Morgan fingerprint density at radius 1 is 1.29 bits per heavy atom. The highest BCUT2D eigenvalue weighted by Gasteiger charge is 2.38. The molecule has 1 aromatic heterocycles. The number of aliphatic hydroxyl groups excluding tert-OH is 1. The average Bonchev–Trinajstić information content (AvgIpc) is 3.46. The minimum atomic E-state index is -0.587. The molecule has 8 heteroatoms. The van der Waals surface area contributed by atoms with Crippen molar-refractivity contribution in [2.24, 2.45) is 0 Å². The van der Waals surface area contributed by atoms with E-state index in [1.807, 2.05) is 19.9 Å². The number of piperidine rings is 1. The van der Waals surface area contributed by atoms with Crippen molar-refractivity contribution in [2.75, 3.05) is 31.5 Å². The van der Waals surface area contributed by atoms with Crippen molar-refractivity contribution >= 4 is 34.1 Å². The first-order valence-electron chi connectivity index (χ1n) is 11.8. The summed E-state index contributed by atoms with van der Waals surface area (Å²) in [5, 5.41) is 18.0. The summed E-state index contributed by atoms with van der Waals surface area (Å²) >= 11 is 1.71. The number of thiophene rings is 1. The number of ether oxygens (including phenoxy) is 1. The summed E-state index contributed by atoms with van der Waals surface area (Å²) in [4.78, 5) is 16.3. The number of fused-ring (bicyclic) bond motifs is 1.